The Hall–Kier alpha value is -3.36. The smallest absolute Gasteiger partial charge is 0.242 e. The highest BCUT2D eigenvalue weighted by Crippen LogP contribution is 2.28. The molecule has 0 saturated carbocycles. The van der Waals surface area contributed by atoms with E-state index in [2.05, 4.69) is 0 Å². The van der Waals surface area contributed by atoms with Crippen LogP contribution in [0.1, 0.15) is 48.1 Å². The highest BCUT2D eigenvalue weighted by Gasteiger charge is 2.30. The van der Waals surface area contributed by atoms with Gasteiger partial charge in [0.25, 0.3) is 0 Å². The van der Waals surface area contributed by atoms with E-state index in [9.17, 15) is 9.59 Å². The van der Waals surface area contributed by atoms with Crippen molar-refractivity contribution in [2.75, 3.05) is 40.5 Å². The van der Waals surface area contributed by atoms with Gasteiger partial charge >= 0.3 is 0 Å². The number of thiophene rings is 1. The van der Waals surface area contributed by atoms with Gasteiger partial charge in [0.1, 0.15) is 0 Å². The zero-order valence-electron chi connectivity index (χ0n) is 23.7. The molecule has 1 aromatic heterocycles. The van der Waals surface area contributed by atoms with E-state index in [0.717, 1.165) is 28.8 Å². The first-order chi connectivity index (χ1) is 19.5. The largest absolute Gasteiger partial charge is 0.493 e. The molecule has 2 aromatic carbocycles. The minimum absolute atomic E-state index is 0.0199. The Bertz CT molecular complexity index is 1210. The van der Waals surface area contributed by atoms with Gasteiger partial charge in [0, 0.05) is 24.6 Å². The molecule has 2 amide bonds. The maximum Gasteiger partial charge on any atom is 0.242 e. The lowest BCUT2D eigenvalue weighted by molar-refractivity contribution is -0.143. The Morgan fingerprint density at radius 3 is 2.48 bits per heavy atom. The highest BCUT2D eigenvalue weighted by molar-refractivity contribution is 7.09. The zero-order valence-corrected chi connectivity index (χ0v) is 24.5. The summed E-state index contributed by atoms with van der Waals surface area (Å²) in [4.78, 5) is 32.5. The van der Waals surface area contributed by atoms with E-state index >= 15 is 0 Å². The number of hydrogen-bond donors (Lipinski definition) is 0. The van der Waals surface area contributed by atoms with E-state index in [1.807, 2.05) is 77.9 Å². The van der Waals surface area contributed by atoms with E-state index < -0.39 is 0 Å². The van der Waals surface area contributed by atoms with Crippen molar-refractivity contribution in [3.8, 4) is 11.5 Å². The van der Waals surface area contributed by atoms with E-state index in [1.165, 1.54) is 0 Å². The Morgan fingerprint density at radius 1 is 1.02 bits per heavy atom. The molecule has 1 aliphatic heterocycles. The molecule has 1 fully saturated rings. The van der Waals surface area contributed by atoms with Crippen LogP contribution < -0.4 is 9.47 Å². The molecule has 0 N–H and O–H groups in total. The molecule has 2 unspecified atom stereocenters. The summed E-state index contributed by atoms with van der Waals surface area (Å²) in [5.74, 6) is 0.950. The quantitative estimate of drug-likeness (QED) is 0.257. The van der Waals surface area contributed by atoms with Crippen LogP contribution in [0.25, 0.3) is 0 Å². The molecule has 0 spiro atoms. The number of rotatable bonds is 14. The zero-order chi connectivity index (χ0) is 28.3. The molecule has 214 valence electrons. The van der Waals surface area contributed by atoms with Crippen LogP contribution in [0, 0.1) is 0 Å². The second-order valence-corrected chi connectivity index (χ2v) is 11.1. The summed E-state index contributed by atoms with van der Waals surface area (Å²) >= 11 is 1.63. The molecule has 3 aromatic rings. The lowest BCUT2D eigenvalue weighted by Gasteiger charge is -2.31. The van der Waals surface area contributed by atoms with Gasteiger partial charge in [0.2, 0.25) is 11.8 Å². The van der Waals surface area contributed by atoms with E-state index in [-0.39, 0.29) is 30.4 Å². The predicted molar refractivity (Wildman–Crippen MR) is 158 cm³/mol. The molecule has 4 rings (SSSR count). The minimum atomic E-state index is -0.298. The van der Waals surface area contributed by atoms with Crippen molar-refractivity contribution in [2.45, 2.75) is 51.2 Å². The third-order valence-corrected chi connectivity index (χ3v) is 8.25. The van der Waals surface area contributed by atoms with Gasteiger partial charge in [-0.25, -0.2) is 0 Å². The Labute approximate surface area is 241 Å². The molecular formula is C32H40N2O5S. The standard InChI is InChI=1S/C32H40N2O5S/c1-4-28(25-10-6-5-7-11-25)32(36)34(21-26-12-8-18-39-26)23-31(35)33(22-27-13-9-19-40-27)17-16-24-14-15-29(37-2)30(20-24)38-3/h5-7,9-11,13-15,19-20,26,28H,4,8,12,16-18,21-23H2,1-3H3. The van der Waals surface area contributed by atoms with Crippen molar-refractivity contribution in [2.24, 2.45) is 0 Å². The molecule has 2 atom stereocenters. The number of carbonyl (C=O) groups is 2. The second-order valence-electron chi connectivity index (χ2n) is 10.1. The molecule has 0 radical (unpaired) electrons. The number of carbonyl (C=O) groups excluding carboxylic acids is 2. The fourth-order valence-corrected chi connectivity index (χ4v) is 5.89. The number of hydrogen-bond acceptors (Lipinski definition) is 6. The first-order valence-corrected chi connectivity index (χ1v) is 14.9. The average molecular weight is 565 g/mol. The van der Waals surface area contributed by atoms with Gasteiger partial charge in [-0.05, 0) is 60.4 Å². The minimum Gasteiger partial charge on any atom is -0.493 e. The first-order valence-electron chi connectivity index (χ1n) is 14.0. The molecule has 1 saturated heterocycles. The maximum atomic E-state index is 13.9. The van der Waals surface area contributed by atoms with Crippen molar-refractivity contribution in [3.05, 3.63) is 82.0 Å². The van der Waals surface area contributed by atoms with Crippen molar-refractivity contribution in [1.29, 1.82) is 0 Å². The van der Waals surface area contributed by atoms with Crippen molar-refractivity contribution >= 4 is 23.2 Å². The highest BCUT2D eigenvalue weighted by atomic mass is 32.1. The summed E-state index contributed by atoms with van der Waals surface area (Å²) in [6.45, 7) is 4.20. The third kappa shape index (κ3) is 7.86. The van der Waals surface area contributed by atoms with E-state index in [4.69, 9.17) is 14.2 Å². The fourth-order valence-electron chi connectivity index (χ4n) is 5.17. The Kier molecular flexibility index (Phi) is 11.0. The normalized spacial score (nSPS) is 15.4. The summed E-state index contributed by atoms with van der Waals surface area (Å²) in [6.07, 6.45) is 3.16. The number of nitrogens with zero attached hydrogens (tertiary/aromatic N) is 2. The average Bonchev–Trinajstić information content (AvgIpc) is 3.70. The fraction of sp³-hybridized carbons (Fsp3) is 0.438. The van der Waals surface area contributed by atoms with Crippen LogP contribution in [-0.2, 0) is 27.3 Å². The van der Waals surface area contributed by atoms with Gasteiger partial charge in [0.05, 0.1) is 39.3 Å². The molecule has 0 aliphatic carbocycles. The molecule has 0 bridgehead atoms. The van der Waals surface area contributed by atoms with Crippen molar-refractivity contribution in [3.63, 3.8) is 0 Å². The summed E-state index contributed by atoms with van der Waals surface area (Å²) in [5.41, 5.74) is 2.02. The first kappa shape index (κ1) is 29.6. The summed E-state index contributed by atoms with van der Waals surface area (Å²) in [6, 6.07) is 19.7. The van der Waals surface area contributed by atoms with Crippen LogP contribution in [0.4, 0.5) is 0 Å². The molecule has 1 aliphatic rings. The molecule has 8 heteroatoms. The number of benzene rings is 2. The SMILES string of the molecule is CCC(C(=O)N(CC(=O)N(CCc1ccc(OC)c(OC)c1)Cc1cccs1)CC1CCCO1)c1ccccc1. The number of methoxy groups -OCH3 is 2. The Morgan fingerprint density at radius 2 is 1.82 bits per heavy atom. The summed E-state index contributed by atoms with van der Waals surface area (Å²) < 4.78 is 16.7. The molecule has 40 heavy (non-hydrogen) atoms. The van der Waals surface area contributed by atoms with Gasteiger partial charge in [-0.15, -0.1) is 11.3 Å². The van der Waals surface area contributed by atoms with Crippen molar-refractivity contribution in [1.82, 2.24) is 9.80 Å². The molecular weight excluding hydrogens is 524 g/mol. The topological polar surface area (TPSA) is 68.3 Å². The van der Waals surface area contributed by atoms with Crippen LogP contribution in [0.2, 0.25) is 0 Å². The molecule has 7 nitrogen and oxygen atoms in total. The van der Waals surface area contributed by atoms with Crippen LogP contribution in [0.5, 0.6) is 11.5 Å². The second kappa shape index (κ2) is 14.9. The van der Waals surface area contributed by atoms with Gasteiger partial charge < -0.3 is 24.0 Å². The lowest BCUT2D eigenvalue weighted by atomic mass is 9.94. The van der Waals surface area contributed by atoms with E-state index in [0.29, 0.717) is 50.6 Å². The lowest BCUT2D eigenvalue weighted by Crippen LogP contribution is -2.47. The van der Waals surface area contributed by atoms with Crippen LogP contribution in [0.3, 0.4) is 0 Å². The van der Waals surface area contributed by atoms with Crippen molar-refractivity contribution < 1.29 is 23.8 Å². The number of ether oxygens (including phenoxy) is 3. The monoisotopic (exact) mass is 564 g/mol. The van der Waals surface area contributed by atoms with Gasteiger partial charge in [0.15, 0.2) is 11.5 Å². The summed E-state index contributed by atoms with van der Waals surface area (Å²) in [5, 5.41) is 2.02. The molecule has 2 heterocycles. The Balaban J connectivity index is 1.53. The summed E-state index contributed by atoms with van der Waals surface area (Å²) in [7, 11) is 3.23. The van der Waals surface area contributed by atoms with Gasteiger partial charge in [-0.1, -0.05) is 49.4 Å². The number of amides is 2. The van der Waals surface area contributed by atoms with E-state index in [1.54, 1.807) is 30.5 Å². The van der Waals surface area contributed by atoms with Crippen LogP contribution in [0.15, 0.2) is 66.0 Å². The third-order valence-electron chi connectivity index (χ3n) is 7.39. The van der Waals surface area contributed by atoms with Crippen LogP contribution in [-0.4, -0.2) is 68.2 Å². The van der Waals surface area contributed by atoms with Gasteiger partial charge in [-0.2, -0.15) is 0 Å². The van der Waals surface area contributed by atoms with Crippen LogP contribution >= 0.6 is 11.3 Å². The predicted octanol–water partition coefficient (Wildman–Crippen LogP) is 5.54. The maximum absolute atomic E-state index is 13.9. The van der Waals surface area contributed by atoms with Gasteiger partial charge in [-0.3, -0.25) is 9.59 Å².